The van der Waals surface area contributed by atoms with Crippen LogP contribution in [0.4, 0.5) is 4.39 Å². The highest BCUT2D eigenvalue weighted by Crippen LogP contribution is 2.20. The van der Waals surface area contributed by atoms with E-state index in [0.29, 0.717) is 18.8 Å². The van der Waals surface area contributed by atoms with E-state index in [1.165, 1.54) is 18.2 Å². The number of carboxylic acids is 1. The number of aliphatic hydroxyl groups excluding tert-OH is 1. The molecule has 0 spiro atoms. The van der Waals surface area contributed by atoms with Gasteiger partial charge in [-0.3, -0.25) is 4.90 Å². The maximum atomic E-state index is 13.3. The number of fused-ring (bicyclic) bond motifs is 1. The fourth-order valence-corrected chi connectivity index (χ4v) is 2.98. The SMILES string of the molecule is I.O=C(O)c1ccc(OCC(O)CN2CCc3ccc(F)cc3C2)cc1. The third-order valence-corrected chi connectivity index (χ3v) is 4.27. The van der Waals surface area contributed by atoms with Crippen LogP contribution in [0.1, 0.15) is 21.5 Å². The Bertz CT molecular complexity index is 754. The van der Waals surface area contributed by atoms with Crippen LogP contribution in [0.2, 0.25) is 0 Å². The highest BCUT2D eigenvalue weighted by atomic mass is 127. The zero-order chi connectivity index (χ0) is 17.8. The first-order chi connectivity index (χ1) is 12.0. The minimum atomic E-state index is -0.992. The molecule has 7 heteroatoms. The Morgan fingerprint density at radius 1 is 1.19 bits per heavy atom. The quantitative estimate of drug-likeness (QED) is 0.632. The van der Waals surface area contributed by atoms with Gasteiger partial charge < -0.3 is 14.9 Å². The zero-order valence-corrected chi connectivity index (χ0v) is 16.4. The molecule has 1 aliphatic heterocycles. The second kappa shape index (κ2) is 9.29. The highest BCUT2D eigenvalue weighted by molar-refractivity contribution is 14.0. The van der Waals surface area contributed by atoms with Gasteiger partial charge in [0, 0.05) is 19.6 Å². The molecule has 5 nitrogen and oxygen atoms in total. The zero-order valence-electron chi connectivity index (χ0n) is 14.1. The van der Waals surface area contributed by atoms with Gasteiger partial charge in [-0.1, -0.05) is 6.07 Å². The molecule has 1 atom stereocenters. The summed E-state index contributed by atoms with van der Waals surface area (Å²) in [6.07, 6.45) is 0.147. The fourth-order valence-electron chi connectivity index (χ4n) is 2.98. The number of halogens is 2. The van der Waals surface area contributed by atoms with Gasteiger partial charge in [-0.25, -0.2) is 9.18 Å². The van der Waals surface area contributed by atoms with E-state index in [9.17, 15) is 14.3 Å². The van der Waals surface area contributed by atoms with Gasteiger partial charge in [0.2, 0.25) is 0 Å². The molecule has 0 radical (unpaired) electrons. The Morgan fingerprint density at radius 3 is 2.62 bits per heavy atom. The van der Waals surface area contributed by atoms with Crippen molar-refractivity contribution in [2.24, 2.45) is 0 Å². The number of rotatable bonds is 6. The summed E-state index contributed by atoms with van der Waals surface area (Å²) in [5, 5.41) is 19.0. The number of ether oxygens (including phenoxy) is 1. The van der Waals surface area contributed by atoms with Crippen LogP contribution in [0.25, 0.3) is 0 Å². The Balaban J connectivity index is 0.00000243. The summed E-state index contributed by atoms with van der Waals surface area (Å²) in [6.45, 7) is 1.96. The Morgan fingerprint density at radius 2 is 1.92 bits per heavy atom. The molecule has 0 fully saturated rings. The van der Waals surface area contributed by atoms with E-state index in [4.69, 9.17) is 9.84 Å². The van der Waals surface area contributed by atoms with Crippen LogP contribution in [0.3, 0.4) is 0 Å². The molecule has 0 saturated carbocycles. The molecule has 0 amide bonds. The van der Waals surface area contributed by atoms with Gasteiger partial charge in [0.05, 0.1) is 5.56 Å². The molecule has 0 aromatic heterocycles. The van der Waals surface area contributed by atoms with Crippen molar-refractivity contribution in [3.63, 3.8) is 0 Å². The lowest BCUT2D eigenvalue weighted by molar-refractivity contribution is 0.0635. The molecular weight excluding hydrogens is 452 g/mol. The number of hydrogen-bond acceptors (Lipinski definition) is 4. The molecule has 2 N–H and O–H groups in total. The number of carbonyl (C=O) groups is 1. The number of aromatic carboxylic acids is 1. The van der Waals surface area contributed by atoms with Crippen LogP contribution in [-0.2, 0) is 13.0 Å². The Labute approximate surface area is 168 Å². The average molecular weight is 473 g/mol. The maximum Gasteiger partial charge on any atom is 0.335 e. The number of hydrogen-bond donors (Lipinski definition) is 2. The van der Waals surface area contributed by atoms with Crippen molar-refractivity contribution < 1.29 is 24.1 Å². The van der Waals surface area contributed by atoms with Crippen molar-refractivity contribution in [2.75, 3.05) is 19.7 Å². The number of β-amino-alcohol motifs (C(OH)–C–C–N with tert-alkyl or cyclic N) is 1. The van der Waals surface area contributed by atoms with E-state index in [1.807, 2.05) is 6.07 Å². The summed E-state index contributed by atoms with van der Waals surface area (Å²) < 4.78 is 18.8. The van der Waals surface area contributed by atoms with Crippen molar-refractivity contribution in [3.05, 3.63) is 65.0 Å². The second-order valence-corrected chi connectivity index (χ2v) is 6.19. The van der Waals surface area contributed by atoms with E-state index in [1.54, 1.807) is 18.2 Å². The van der Waals surface area contributed by atoms with Crippen LogP contribution >= 0.6 is 24.0 Å². The lowest BCUT2D eigenvalue weighted by Crippen LogP contribution is -2.38. The smallest absolute Gasteiger partial charge is 0.335 e. The van der Waals surface area contributed by atoms with Gasteiger partial charge in [-0.05, 0) is 53.9 Å². The Hall–Kier alpha value is -1.71. The number of benzene rings is 2. The van der Waals surface area contributed by atoms with Crippen LogP contribution in [-0.4, -0.2) is 46.9 Å². The molecule has 3 rings (SSSR count). The van der Waals surface area contributed by atoms with Crippen molar-refractivity contribution in [1.82, 2.24) is 4.90 Å². The van der Waals surface area contributed by atoms with E-state index in [0.717, 1.165) is 24.1 Å². The van der Waals surface area contributed by atoms with Gasteiger partial charge in [0.1, 0.15) is 24.3 Å². The molecular formula is C19H21FINO4. The third-order valence-electron chi connectivity index (χ3n) is 4.27. The van der Waals surface area contributed by atoms with Gasteiger partial charge in [-0.2, -0.15) is 0 Å². The molecule has 0 aliphatic carbocycles. The first-order valence-corrected chi connectivity index (χ1v) is 8.15. The monoisotopic (exact) mass is 473 g/mol. The topological polar surface area (TPSA) is 70.0 Å². The summed E-state index contributed by atoms with van der Waals surface area (Å²) in [6, 6.07) is 10.9. The normalized spacial score (nSPS) is 14.8. The van der Waals surface area contributed by atoms with Crippen molar-refractivity contribution in [3.8, 4) is 5.75 Å². The summed E-state index contributed by atoms with van der Waals surface area (Å²) in [5.74, 6) is -0.724. The summed E-state index contributed by atoms with van der Waals surface area (Å²) in [7, 11) is 0. The minimum Gasteiger partial charge on any atom is -0.491 e. The summed E-state index contributed by atoms with van der Waals surface area (Å²) in [4.78, 5) is 12.9. The largest absolute Gasteiger partial charge is 0.491 e. The molecule has 140 valence electrons. The van der Waals surface area contributed by atoms with Gasteiger partial charge in [-0.15, -0.1) is 24.0 Å². The average Bonchev–Trinajstić information content (AvgIpc) is 2.60. The highest BCUT2D eigenvalue weighted by Gasteiger charge is 2.19. The molecule has 26 heavy (non-hydrogen) atoms. The van der Waals surface area contributed by atoms with Gasteiger partial charge >= 0.3 is 5.97 Å². The van der Waals surface area contributed by atoms with Gasteiger partial charge in [0.15, 0.2) is 0 Å². The van der Waals surface area contributed by atoms with Crippen LogP contribution in [0.15, 0.2) is 42.5 Å². The molecule has 2 aromatic rings. The molecule has 1 aliphatic rings. The van der Waals surface area contributed by atoms with E-state index < -0.39 is 12.1 Å². The molecule has 0 bridgehead atoms. The molecule has 2 aromatic carbocycles. The third kappa shape index (κ3) is 5.39. The number of aliphatic hydroxyl groups is 1. The first kappa shape index (κ1) is 20.6. The molecule has 0 saturated heterocycles. The summed E-state index contributed by atoms with van der Waals surface area (Å²) >= 11 is 0. The lowest BCUT2D eigenvalue weighted by Gasteiger charge is -2.30. The van der Waals surface area contributed by atoms with E-state index in [2.05, 4.69) is 4.90 Å². The van der Waals surface area contributed by atoms with Crippen molar-refractivity contribution in [2.45, 2.75) is 19.1 Å². The van der Waals surface area contributed by atoms with Crippen LogP contribution in [0.5, 0.6) is 5.75 Å². The van der Waals surface area contributed by atoms with Crippen LogP contribution in [0, 0.1) is 5.82 Å². The predicted molar refractivity (Wildman–Crippen MR) is 106 cm³/mol. The van der Waals surface area contributed by atoms with Crippen molar-refractivity contribution >= 4 is 29.9 Å². The maximum absolute atomic E-state index is 13.3. The standard InChI is InChI=1S/C19H20FNO4.HI/c20-16-4-1-13-7-8-21(10-15(13)9-16)11-17(22)12-25-18-5-2-14(3-6-18)19(23)24;/h1-6,9,17,22H,7-8,10-12H2,(H,23,24);1H. The number of carboxylic acid groups (broad SMARTS) is 1. The van der Waals surface area contributed by atoms with Crippen LogP contribution < -0.4 is 4.74 Å². The fraction of sp³-hybridized carbons (Fsp3) is 0.316. The summed E-state index contributed by atoms with van der Waals surface area (Å²) in [5.41, 5.74) is 2.30. The van der Waals surface area contributed by atoms with Gasteiger partial charge in [0.25, 0.3) is 0 Å². The lowest BCUT2D eigenvalue weighted by atomic mass is 9.99. The first-order valence-electron chi connectivity index (χ1n) is 8.15. The number of nitrogens with zero attached hydrogens (tertiary/aromatic N) is 1. The van der Waals surface area contributed by atoms with E-state index >= 15 is 0 Å². The minimum absolute atomic E-state index is 0. The van der Waals surface area contributed by atoms with Crippen molar-refractivity contribution in [1.29, 1.82) is 0 Å². The second-order valence-electron chi connectivity index (χ2n) is 6.19. The Kier molecular flexibility index (Phi) is 7.36. The molecule has 1 unspecified atom stereocenters. The van der Waals surface area contributed by atoms with E-state index in [-0.39, 0.29) is 42.0 Å². The molecule has 1 heterocycles. The predicted octanol–water partition coefficient (Wildman–Crippen LogP) is 2.94.